The van der Waals surface area contributed by atoms with Gasteiger partial charge in [-0.25, -0.2) is 9.59 Å². The van der Waals surface area contributed by atoms with Crippen molar-refractivity contribution in [1.82, 2.24) is 21.0 Å². The van der Waals surface area contributed by atoms with E-state index in [4.69, 9.17) is 4.55 Å². The summed E-state index contributed by atoms with van der Waals surface area (Å²) in [6.45, 7) is 2.40. The molecule has 0 aromatic heterocycles. The summed E-state index contributed by atoms with van der Waals surface area (Å²) in [6.07, 6.45) is 4.57. The number of nitrogens with zero attached hydrogens (tertiary/aromatic N) is 1. The number of hydrogen-bond donors (Lipinski definition) is 4. The Hall–Kier alpha value is -2.74. The first-order valence-corrected chi connectivity index (χ1v) is 12.9. The fourth-order valence-electron chi connectivity index (χ4n) is 3.74. The van der Waals surface area contributed by atoms with E-state index < -0.39 is 39.6 Å². The van der Waals surface area contributed by atoms with Crippen LogP contribution in [0.15, 0.2) is 0 Å². The second-order valence-electron chi connectivity index (χ2n) is 8.47. The summed E-state index contributed by atoms with van der Waals surface area (Å²) in [5.41, 5.74) is 0. The Balaban J connectivity index is 1.48. The average Bonchev–Trinajstić information content (AvgIpc) is 3.22. The number of urea groups is 1. The first-order chi connectivity index (χ1) is 16.0. The van der Waals surface area contributed by atoms with Crippen LogP contribution in [-0.4, -0.2) is 71.6 Å². The fraction of sp³-hybridized carbons (Fsp3) is 0.750. The lowest BCUT2D eigenvalue weighted by molar-refractivity contribution is -0.197. The molecule has 3 atom stereocenters. The predicted octanol–water partition coefficient (Wildman–Crippen LogP) is 0.157. The molecule has 0 aromatic carbocycles. The first-order valence-electron chi connectivity index (χ1n) is 11.4. The lowest BCUT2D eigenvalue weighted by Gasteiger charge is -2.13. The molecule has 4 N–H and O–H groups in total. The van der Waals surface area contributed by atoms with Crippen molar-refractivity contribution in [2.24, 2.45) is 0 Å². The highest BCUT2D eigenvalue weighted by atomic mass is 32.2. The van der Waals surface area contributed by atoms with Gasteiger partial charge in [0.2, 0.25) is 5.91 Å². The van der Waals surface area contributed by atoms with Crippen LogP contribution in [0.25, 0.3) is 0 Å². The smallest absolute Gasteiger partial charge is 0.333 e. The summed E-state index contributed by atoms with van der Waals surface area (Å²) >= 11 is 0. The van der Waals surface area contributed by atoms with Gasteiger partial charge >= 0.3 is 12.0 Å². The summed E-state index contributed by atoms with van der Waals surface area (Å²) in [5.74, 6) is -3.23. The van der Waals surface area contributed by atoms with E-state index in [0.717, 1.165) is 25.7 Å². The first kappa shape index (κ1) is 27.5. The highest BCUT2D eigenvalue weighted by Gasteiger charge is 2.48. The zero-order valence-corrected chi connectivity index (χ0v) is 19.9. The molecule has 0 bridgehead atoms. The van der Waals surface area contributed by atoms with Crippen LogP contribution in [0.5, 0.6) is 0 Å². The Morgan fingerprint density at radius 1 is 1.06 bits per heavy atom. The van der Waals surface area contributed by atoms with Crippen molar-refractivity contribution in [1.29, 1.82) is 0 Å². The molecule has 2 aliphatic heterocycles. The molecule has 2 aliphatic rings. The molecule has 2 saturated heterocycles. The van der Waals surface area contributed by atoms with Crippen molar-refractivity contribution < 1.29 is 41.8 Å². The van der Waals surface area contributed by atoms with Gasteiger partial charge in [0.05, 0.1) is 12.5 Å². The maximum Gasteiger partial charge on any atom is 0.333 e. The molecule has 2 heterocycles. The zero-order chi connectivity index (χ0) is 25.3. The molecule has 5 amide bonds. The quantitative estimate of drug-likeness (QED) is 0.145. The lowest BCUT2D eigenvalue weighted by atomic mass is 10.0. The summed E-state index contributed by atoms with van der Waals surface area (Å²) in [6, 6.07) is 0.100. The van der Waals surface area contributed by atoms with Crippen LogP contribution < -0.4 is 16.0 Å². The third-order valence-corrected chi connectivity index (χ3v) is 6.78. The maximum absolute atomic E-state index is 11.9. The van der Waals surface area contributed by atoms with Crippen LogP contribution in [0.2, 0.25) is 0 Å². The van der Waals surface area contributed by atoms with Gasteiger partial charge in [0.1, 0.15) is 0 Å². The number of unbranched alkanes of at least 4 members (excludes halogenated alkanes) is 4. The number of amides is 5. The Morgan fingerprint density at radius 2 is 1.74 bits per heavy atom. The summed E-state index contributed by atoms with van der Waals surface area (Å²) in [4.78, 5) is 63.0. The molecule has 0 radical (unpaired) electrons. The van der Waals surface area contributed by atoms with E-state index in [1.165, 1.54) is 0 Å². The third kappa shape index (κ3) is 8.56. The van der Waals surface area contributed by atoms with E-state index in [1.807, 2.05) is 6.92 Å². The van der Waals surface area contributed by atoms with Gasteiger partial charge < -0.3 is 20.8 Å². The normalized spacial score (nSPS) is 22.5. The highest BCUT2D eigenvalue weighted by Crippen LogP contribution is 2.20. The van der Waals surface area contributed by atoms with Crippen LogP contribution in [0.3, 0.4) is 0 Å². The number of carbonyl (C=O) groups excluding carboxylic acids is 5. The van der Waals surface area contributed by atoms with E-state index in [0.29, 0.717) is 32.2 Å². The standard InChI is InChI=1S/C20H32N4O9S/c1-13-14(23-20(29)22-13)8-4-2-5-9-16(25)21-11-7-3-6-10-18(27)33-24-17(26)12-15(19(24)28)34(30,31)32/h13-15H,2-12H2,1H3,(H,21,25)(H2,22,23,29)(H,30,31,32)/t13-,14+,15?/m1/s1. The van der Waals surface area contributed by atoms with Gasteiger partial charge in [0.15, 0.2) is 5.25 Å². The van der Waals surface area contributed by atoms with Gasteiger partial charge in [-0.15, -0.1) is 5.06 Å². The van der Waals surface area contributed by atoms with Gasteiger partial charge in [-0.2, -0.15) is 8.42 Å². The van der Waals surface area contributed by atoms with Gasteiger partial charge in [0.25, 0.3) is 21.9 Å². The molecular weight excluding hydrogens is 472 g/mol. The largest absolute Gasteiger partial charge is 0.356 e. The Labute approximate surface area is 198 Å². The SMILES string of the molecule is C[C@H]1NC(=O)N[C@H]1CCCCCC(=O)NCCCCCC(=O)ON1C(=O)CC(S(=O)(=O)O)C1=O. The molecule has 0 aromatic rings. The molecule has 13 nitrogen and oxygen atoms in total. The molecule has 34 heavy (non-hydrogen) atoms. The maximum atomic E-state index is 11.9. The fourth-order valence-corrected chi connectivity index (χ4v) is 4.44. The van der Waals surface area contributed by atoms with Crippen molar-refractivity contribution in [3.63, 3.8) is 0 Å². The summed E-state index contributed by atoms with van der Waals surface area (Å²) in [5, 5.41) is 6.60. The monoisotopic (exact) mass is 504 g/mol. The van der Waals surface area contributed by atoms with Gasteiger partial charge in [0, 0.05) is 25.4 Å². The zero-order valence-electron chi connectivity index (χ0n) is 19.1. The molecule has 192 valence electrons. The molecule has 2 fully saturated rings. The number of nitrogens with one attached hydrogen (secondary N) is 3. The summed E-state index contributed by atoms with van der Waals surface area (Å²) < 4.78 is 31.1. The highest BCUT2D eigenvalue weighted by molar-refractivity contribution is 7.87. The molecule has 0 spiro atoms. The lowest BCUT2D eigenvalue weighted by Crippen LogP contribution is -2.36. The van der Waals surface area contributed by atoms with Crippen LogP contribution in [-0.2, 0) is 34.1 Å². The van der Waals surface area contributed by atoms with E-state index in [-0.39, 0.29) is 35.5 Å². The van der Waals surface area contributed by atoms with Crippen molar-refractivity contribution in [3.8, 4) is 0 Å². The Kier molecular flexibility index (Phi) is 10.2. The molecule has 0 aliphatic carbocycles. The number of hydroxylamine groups is 2. The second kappa shape index (κ2) is 12.6. The van der Waals surface area contributed by atoms with Crippen molar-refractivity contribution in [2.45, 2.75) is 88.5 Å². The van der Waals surface area contributed by atoms with E-state index >= 15 is 0 Å². The molecule has 2 rings (SSSR count). The van der Waals surface area contributed by atoms with Gasteiger partial charge in [-0.1, -0.05) is 19.3 Å². The van der Waals surface area contributed by atoms with Crippen LogP contribution in [0, 0.1) is 0 Å². The number of rotatable bonds is 14. The van der Waals surface area contributed by atoms with Gasteiger partial charge in [-0.05, 0) is 32.6 Å². The Morgan fingerprint density at radius 3 is 2.35 bits per heavy atom. The minimum atomic E-state index is -4.76. The van der Waals surface area contributed by atoms with E-state index in [9.17, 15) is 32.4 Å². The van der Waals surface area contributed by atoms with Crippen LogP contribution in [0.4, 0.5) is 4.79 Å². The second-order valence-corrected chi connectivity index (χ2v) is 10.1. The minimum Gasteiger partial charge on any atom is -0.356 e. The predicted molar refractivity (Wildman–Crippen MR) is 117 cm³/mol. The van der Waals surface area contributed by atoms with E-state index in [2.05, 4.69) is 20.8 Å². The molecule has 0 saturated carbocycles. The number of hydrogen-bond acceptors (Lipinski definition) is 8. The van der Waals surface area contributed by atoms with E-state index in [1.54, 1.807) is 0 Å². The van der Waals surface area contributed by atoms with Crippen molar-refractivity contribution in [2.75, 3.05) is 6.54 Å². The molecular formula is C20H32N4O9S. The number of imide groups is 1. The summed E-state index contributed by atoms with van der Waals surface area (Å²) in [7, 11) is -4.76. The van der Waals surface area contributed by atoms with Gasteiger partial charge in [-0.3, -0.25) is 18.9 Å². The third-order valence-electron chi connectivity index (χ3n) is 5.69. The van der Waals surface area contributed by atoms with Crippen LogP contribution >= 0.6 is 0 Å². The average molecular weight is 505 g/mol. The molecule has 14 heteroatoms. The topological polar surface area (TPSA) is 188 Å². The van der Waals surface area contributed by atoms with Crippen LogP contribution in [0.1, 0.15) is 71.1 Å². The minimum absolute atomic E-state index is 0.0527. The van der Waals surface area contributed by atoms with Crippen molar-refractivity contribution >= 4 is 39.8 Å². The number of carbonyl (C=O) groups is 5. The molecule has 1 unspecified atom stereocenters. The Bertz CT molecular complexity index is 892. The van der Waals surface area contributed by atoms with Crippen molar-refractivity contribution in [3.05, 3.63) is 0 Å².